The molecule has 1 aromatic carbocycles. The van der Waals surface area contributed by atoms with Crippen molar-refractivity contribution in [1.29, 1.82) is 0 Å². The molecule has 17 heavy (non-hydrogen) atoms. The van der Waals surface area contributed by atoms with E-state index in [2.05, 4.69) is 15.6 Å². The highest BCUT2D eigenvalue weighted by molar-refractivity contribution is 5.61. The molecule has 1 aromatic heterocycles. The lowest BCUT2D eigenvalue weighted by Crippen LogP contribution is -2.09. The van der Waals surface area contributed by atoms with E-state index in [1.165, 1.54) is 19.1 Å². The summed E-state index contributed by atoms with van der Waals surface area (Å²) < 4.78 is 27.0. The number of hydrogen-bond donors (Lipinski definition) is 2. The normalized spacial score (nSPS) is 10.4. The molecule has 0 saturated carbocycles. The molecule has 88 valence electrons. The second-order valence-corrected chi connectivity index (χ2v) is 3.53. The average molecular weight is 236 g/mol. The van der Waals surface area contributed by atoms with Gasteiger partial charge >= 0.3 is 0 Å². The molecular formula is C11H10F2N4. The maximum atomic E-state index is 13.6. The fourth-order valence-electron chi connectivity index (χ4n) is 1.40. The van der Waals surface area contributed by atoms with Crippen LogP contribution in [0.5, 0.6) is 0 Å². The van der Waals surface area contributed by atoms with Gasteiger partial charge in [-0.1, -0.05) is 0 Å². The van der Waals surface area contributed by atoms with Crippen molar-refractivity contribution in [3.63, 3.8) is 0 Å². The number of nitrogens with two attached hydrogens (primary N) is 1. The van der Waals surface area contributed by atoms with E-state index in [4.69, 9.17) is 5.84 Å². The second kappa shape index (κ2) is 4.42. The van der Waals surface area contributed by atoms with E-state index in [-0.39, 0.29) is 16.8 Å². The smallest absolute Gasteiger partial charge is 0.162 e. The predicted molar refractivity (Wildman–Crippen MR) is 59.9 cm³/mol. The Labute approximate surface area is 96.5 Å². The molecule has 1 heterocycles. The van der Waals surface area contributed by atoms with Gasteiger partial charge in [-0.15, -0.1) is 10.2 Å². The fourth-order valence-corrected chi connectivity index (χ4v) is 1.40. The Bertz CT molecular complexity index is 540. The molecule has 2 rings (SSSR count). The number of hydrazine groups is 1. The maximum Gasteiger partial charge on any atom is 0.162 e. The van der Waals surface area contributed by atoms with Gasteiger partial charge in [0.1, 0.15) is 11.6 Å². The molecule has 0 aliphatic rings. The number of benzene rings is 1. The molecule has 0 amide bonds. The number of halogens is 2. The van der Waals surface area contributed by atoms with Crippen LogP contribution in [-0.4, -0.2) is 10.2 Å². The summed E-state index contributed by atoms with van der Waals surface area (Å²) in [5, 5.41) is 7.44. The van der Waals surface area contributed by atoms with Crippen molar-refractivity contribution >= 4 is 5.82 Å². The van der Waals surface area contributed by atoms with Crippen LogP contribution < -0.4 is 11.3 Å². The molecule has 0 spiro atoms. The van der Waals surface area contributed by atoms with Crippen LogP contribution >= 0.6 is 0 Å². The van der Waals surface area contributed by atoms with Gasteiger partial charge in [0.2, 0.25) is 0 Å². The Morgan fingerprint density at radius 1 is 1.12 bits per heavy atom. The molecule has 0 aliphatic heterocycles. The lowest BCUT2D eigenvalue weighted by atomic mass is 10.1. The first-order valence-corrected chi connectivity index (χ1v) is 4.88. The Morgan fingerprint density at radius 3 is 2.47 bits per heavy atom. The van der Waals surface area contributed by atoms with Gasteiger partial charge in [0.25, 0.3) is 0 Å². The van der Waals surface area contributed by atoms with E-state index in [1.54, 1.807) is 0 Å². The first-order chi connectivity index (χ1) is 8.11. The molecule has 4 nitrogen and oxygen atoms in total. The number of nitrogens with one attached hydrogen (secondary N) is 1. The van der Waals surface area contributed by atoms with E-state index in [1.807, 2.05) is 0 Å². The predicted octanol–water partition coefficient (Wildman–Crippen LogP) is 2.02. The zero-order valence-corrected chi connectivity index (χ0v) is 9.04. The van der Waals surface area contributed by atoms with Crippen molar-refractivity contribution in [2.45, 2.75) is 6.92 Å². The fraction of sp³-hybridized carbons (Fsp3) is 0.0909. The van der Waals surface area contributed by atoms with Crippen LogP contribution in [0.2, 0.25) is 0 Å². The Morgan fingerprint density at radius 2 is 1.88 bits per heavy atom. The number of anilines is 1. The highest BCUT2D eigenvalue weighted by Gasteiger charge is 2.10. The van der Waals surface area contributed by atoms with Gasteiger partial charge in [0, 0.05) is 5.56 Å². The summed E-state index contributed by atoms with van der Waals surface area (Å²) in [6, 6.07) is 5.26. The van der Waals surface area contributed by atoms with Crippen molar-refractivity contribution in [2.75, 3.05) is 5.43 Å². The minimum atomic E-state index is -0.536. The van der Waals surface area contributed by atoms with Crippen molar-refractivity contribution < 1.29 is 8.78 Å². The quantitative estimate of drug-likeness (QED) is 0.618. The summed E-state index contributed by atoms with van der Waals surface area (Å²) in [5.74, 6) is 4.46. The van der Waals surface area contributed by atoms with Crippen LogP contribution in [0.3, 0.4) is 0 Å². The Kier molecular flexibility index (Phi) is 2.97. The summed E-state index contributed by atoms with van der Waals surface area (Å²) >= 11 is 0. The van der Waals surface area contributed by atoms with Crippen LogP contribution in [0.15, 0.2) is 24.3 Å². The number of nitrogens with zero attached hydrogens (tertiary/aromatic N) is 2. The Balaban J connectivity index is 2.48. The SMILES string of the molecule is Cc1cc(F)c(-c2ccc(NN)nn2)cc1F. The second-order valence-electron chi connectivity index (χ2n) is 3.53. The van der Waals surface area contributed by atoms with Gasteiger partial charge in [-0.05, 0) is 36.8 Å². The topological polar surface area (TPSA) is 63.8 Å². The van der Waals surface area contributed by atoms with Gasteiger partial charge in [0.15, 0.2) is 5.82 Å². The zero-order valence-electron chi connectivity index (χ0n) is 9.04. The van der Waals surface area contributed by atoms with E-state index in [9.17, 15) is 8.78 Å². The van der Waals surface area contributed by atoms with Crippen molar-refractivity contribution in [3.8, 4) is 11.3 Å². The molecule has 0 bridgehead atoms. The average Bonchev–Trinajstić information content (AvgIpc) is 2.34. The van der Waals surface area contributed by atoms with Crippen LogP contribution in [0.25, 0.3) is 11.3 Å². The van der Waals surface area contributed by atoms with Gasteiger partial charge in [-0.3, -0.25) is 0 Å². The van der Waals surface area contributed by atoms with Crippen molar-refractivity contribution in [2.24, 2.45) is 5.84 Å². The molecule has 0 saturated heterocycles. The lowest BCUT2D eigenvalue weighted by molar-refractivity contribution is 0.594. The largest absolute Gasteiger partial charge is 0.307 e. The van der Waals surface area contributed by atoms with E-state index in [0.29, 0.717) is 5.82 Å². The van der Waals surface area contributed by atoms with E-state index >= 15 is 0 Å². The number of aryl methyl sites for hydroxylation is 1. The van der Waals surface area contributed by atoms with Gasteiger partial charge < -0.3 is 5.43 Å². The van der Waals surface area contributed by atoms with E-state index < -0.39 is 11.6 Å². The molecule has 6 heteroatoms. The molecule has 0 fully saturated rings. The van der Waals surface area contributed by atoms with Crippen LogP contribution in [0, 0.1) is 18.6 Å². The monoisotopic (exact) mass is 236 g/mol. The Hall–Kier alpha value is -2.08. The minimum Gasteiger partial charge on any atom is -0.307 e. The van der Waals surface area contributed by atoms with Crippen LogP contribution in [0.1, 0.15) is 5.56 Å². The third-order valence-corrected chi connectivity index (χ3v) is 2.34. The standard InChI is InChI=1S/C11H10F2N4/c1-6-4-9(13)7(5-8(6)12)10-2-3-11(15-14)17-16-10/h2-5H,14H2,1H3,(H,15,17). The third kappa shape index (κ3) is 2.21. The highest BCUT2D eigenvalue weighted by Crippen LogP contribution is 2.23. The number of rotatable bonds is 2. The summed E-state index contributed by atoms with van der Waals surface area (Å²) in [6.07, 6.45) is 0. The van der Waals surface area contributed by atoms with Gasteiger partial charge in [-0.2, -0.15) is 0 Å². The molecule has 2 aromatic rings. The number of aromatic nitrogens is 2. The molecule has 0 unspecified atom stereocenters. The first kappa shape index (κ1) is 11.4. The highest BCUT2D eigenvalue weighted by atomic mass is 19.1. The summed E-state index contributed by atoms with van der Waals surface area (Å²) in [7, 11) is 0. The minimum absolute atomic E-state index is 0.0733. The van der Waals surface area contributed by atoms with Crippen molar-refractivity contribution in [3.05, 3.63) is 41.5 Å². The molecule has 3 N–H and O–H groups in total. The van der Waals surface area contributed by atoms with Gasteiger partial charge in [-0.25, -0.2) is 14.6 Å². The molecule has 0 atom stereocenters. The lowest BCUT2D eigenvalue weighted by Gasteiger charge is -2.05. The molecular weight excluding hydrogens is 226 g/mol. The number of hydrogen-bond acceptors (Lipinski definition) is 4. The van der Waals surface area contributed by atoms with Crippen LogP contribution in [-0.2, 0) is 0 Å². The number of nitrogen functional groups attached to an aromatic ring is 1. The summed E-state index contributed by atoms with van der Waals surface area (Å²) in [4.78, 5) is 0. The zero-order chi connectivity index (χ0) is 12.4. The molecule has 0 radical (unpaired) electrons. The van der Waals surface area contributed by atoms with Gasteiger partial charge in [0.05, 0.1) is 5.69 Å². The third-order valence-electron chi connectivity index (χ3n) is 2.34. The van der Waals surface area contributed by atoms with Crippen molar-refractivity contribution in [1.82, 2.24) is 10.2 Å². The summed E-state index contributed by atoms with van der Waals surface area (Å²) in [5.41, 5.74) is 2.87. The van der Waals surface area contributed by atoms with E-state index in [0.717, 1.165) is 12.1 Å². The first-order valence-electron chi connectivity index (χ1n) is 4.88. The molecule has 0 aliphatic carbocycles. The van der Waals surface area contributed by atoms with Crippen LogP contribution in [0.4, 0.5) is 14.6 Å². The maximum absolute atomic E-state index is 13.6. The summed E-state index contributed by atoms with van der Waals surface area (Å²) in [6.45, 7) is 1.50.